The van der Waals surface area contributed by atoms with Crippen molar-refractivity contribution in [1.82, 2.24) is 24.9 Å². The van der Waals surface area contributed by atoms with Crippen LogP contribution in [0.15, 0.2) is 6.07 Å². The second-order valence-electron chi connectivity index (χ2n) is 7.17. The molecule has 2 amide bonds. The zero-order valence-electron chi connectivity index (χ0n) is 14.2. The number of sulfone groups is 1. The van der Waals surface area contributed by atoms with Crippen molar-refractivity contribution in [3.05, 3.63) is 17.5 Å². The Morgan fingerprint density at radius 3 is 2.80 bits per heavy atom. The zero-order valence-corrected chi connectivity index (χ0v) is 15.0. The van der Waals surface area contributed by atoms with Crippen molar-refractivity contribution < 1.29 is 18.0 Å². The van der Waals surface area contributed by atoms with Gasteiger partial charge in [-0.3, -0.25) is 14.3 Å². The molecule has 4 rings (SSSR count). The minimum Gasteiger partial charge on any atom is -0.349 e. The van der Waals surface area contributed by atoms with E-state index >= 15 is 0 Å². The third kappa shape index (κ3) is 2.54. The molecule has 0 saturated carbocycles. The van der Waals surface area contributed by atoms with Crippen LogP contribution in [-0.2, 0) is 16.4 Å². The average molecular weight is 367 g/mol. The highest BCUT2D eigenvalue weighted by atomic mass is 32.2. The van der Waals surface area contributed by atoms with E-state index in [1.807, 2.05) is 19.0 Å². The number of nitrogens with zero attached hydrogens (tertiary/aromatic N) is 4. The third-order valence-corrected chi connectivity index (χ3v) is 7.69. The molecule has 9 nitrogen and oxygen atoms in total. The molecule has 3 aliphatic heterocycles. The molecule has 4 heterocycles. The number of likely N-dealkylation sites (tertiary alicyclic amines) is 1. The molecule has 0 aliphatic carbocycles. The maximum absolute atomic E-state index is 12.8. The number of rotatable bonds is 2. The fourth-order valence-electron chi connectivity index (χ4n) is 4.13. The molecule has 2 saturated heterocycles. The van der Waals surface area contributed by atoms with Gasteiger partial charge >= 0.3 is 0 Å². The topological polar surface area (TPSA) is 105 Å². The highest BCUT2D eigenvalue weighted by Crippen LogP contribution is 2.36. The number of fused-ring (bicyclic) bond motifs is 2. The summed E-state index contributed by atoms with van der Waals surface area (Å²) in [7, 11) is 0.537. The molecule has 136 valence electrons. The molecule has 3 aliphatic rings. The lowest BCUT2D eigenvalue weighted by molar-refractivity contribution is 0.0772. The van der Waals surface area contributed by atoms with E-state index in [1.165, 1.54) is 10.7 Å². The Morgan fingerprint density at radius 1 is 1.36 bits per heavy atom. The van der Waals surface area contributed by atoms with E-state index in [2.05, 4.69) is 10.4 Å². The predicted molar refractivity (Wildman–Crippen MR) is 89.0 cm³/mol. The first kappa shape index (κ1) is 16.5. The molecule has 1 N–H and O–H groups in total. The average Bonchev–Trinajstić information content (AvgIpc) is 3.21. The van der Waals surface area contributed by atoms with Gasteiger partial charge in [-0.2, -0.15) is 5.10 Å². The first-order valence-electron chi connectivity index (χ1n) is 8.31. The first-order valence-corrected chi connectivity index (χ1v) is 10.0. The van der Waals surface area contributed by atoms with E-state index in [9.17, 15) is 18.0 Å². The standard InChI is InChI=1S/C15H21N5O4S/c1-18(2)12-8-25(23,24)13-7-19(6-9(12)13)15(22)10-5-11-14(21)16-3-4-20(11)17-10/h5,9,12-13H,3-4,6-8H2,1-2H3,(H,16,21)/t9-,12-,13-/m0/s1. The van der Waals surface area contributed by atoms with Crippen molar-refractivity contribution >= 4 is 21.7 Å². The predicted octanol–water partition coefficient (Wildman–Crippen LogP) is -1.57. The molecule has 1 aromatic rings. The van der Waals surface area contributed by atoms with Crippen molar-refractivity contribution in [1.29, 1.82) is 0 Å². The Bertz CT molecular complexity index is 846. The highest BCUT2D eigenvalue weighted by Gasteiger charge is 2.53. The lowest BCUT2D eigenvalue weighted by atomic mass is 10.00. The van der Waals surface area contributed by atoms with Gasteiger partial charge in [0.15, 0.2) is 15.5 Å². The molecule has 25 heavy (non-hydrogen) atoms. The molecular weight excluding hydrogens is 346 g/mol. The second-order valence-corrected chi connectivity index (χ2v) is 9.43. The summed E-state index contributed by atoms with van der Waals surface area (Å²) in [6, 6.07) is 1.41. The number of nitrogens with one attached hydrogen (secondary N) is 1. The van der Waals surface area contributed by atoms with Gasteiger partial charge in [-0.15, -0.1) is 0 Å². The SMILES string of the molecule is CN(C)[C@H]1CS(=O)(=O)[C@H]2CN(C(=O)c3cc4n(n3)CCNC4=O)C[C@@H]12. The molecular formula is C15H21N5O4S. The van der Waals surface area contributed by atoms with Crippen LogP contribution in [0, 0.1) is 5.92 Å². The summed E-state index contributed by atoms with van der Waals surface area (Å²) in [4.78, 5) is 28.1. The molecule has 0 aromatic carbocycles. The Balaban J connectivity index is 1.58. The van der Waals surface area contributed by atoms with Crippen LogP contribution < -0.4 is 5.32 Å². The molecule has 0 spiro atoms. The van der Waals surface area contributed by atoms with Gasteiger partial charge in [0, 0.05) is 37.7 Å². The first-order chi connectivity index (χ1) is 11.8. The summed E-state index contributed by atoms with van der Waals surface area (Å²) >= 11 is 0. The van der Waals surface area contributed by atoms with Gasteiger partial charge in [0.2, 0.25) is 0 Å². The zero-order chi connectivity index (χ0) is 17.9. The van der Waals surface area contributed by atoms with Crippen LogP contribution in [0.2, 0.25) is 0 Å². The summed E-state index contributed by atoms with van der Waals surface area (Å²) in [6.07, 6.45) is 0. The lowest BCUT2D eigenvalue weighted by Gasteiger charge is -2.24. The Kier molecular flexibility index (Phi) is 3.66. The molecule has 0 unspecified atom stereocenters. The van der Waals surface area contributed by atoms with E-state index in [4.69, 9.17) is 0 Å². The number of carbonyl (C=O) groups excluding carboxylic acids is 2. The number of carbonyl (C=O) groups is 2. The van der Waals surface area contributed by atoms with Gasteiger partial charge in [-0.05, 0) is 14.1 Å². The van der Waals surface area contributed by atoms with E-state index < -0.39 is 15.1 Å². The Hall–Kier alpha value is -1.94. The maximum atomic E-state index is 12.8. The summed E-state index contributed by atoms with van der Waals surface area (Å²) in [5, 5.41) is 6.44. The van der Waals surface area contributed by atoms with Crippen molar-refractivity contribution in [2.24, 2.45) is 5.92 Å². The lowest BCUT2D eigenvalue weighted by Crippen LogP contribution is -2.38. The van der Waals surface area contributed by atoms with E-state index in [1.54, 1.807) is 4.90 Å². The molecule has 10 heteroatoms. The van der Waals surface area contributed by atoms with Gasteiger partial charge in [-0.1, -0.05) is 0 Å². The number of hydrogen-bond donors (Lipinski definition) is 1. The van der Waals surface area contributed by atoms with Crippen LogP contribution in [0.4, 0.5) is 0 Å². The number of hydrogen-bond acceptors (Lipinski definition) is 6. The summed E-state index contributed by atoms with van der Waals surface area (Å²) in [5.74, 6) is -0.483. The summed E-state index contributed by atoms with van der Waals surface area (Å²) in [5.41, 5.74) is 0.568. The number of amides is 2. The summed E-state index contributed by atoms with van der Waals surface area (Å²) in [6.45, 7) is 1.61. The van der Waals surface area contributed by atoms with Gasteiger partial charge < -0.3 is 15.1 Å². The molecule has 0 bridgehead atoms. The fraction of sp³-hybridized carbons (Fsp3) is 0.667. The molecule has 0 radical (unpaired) electrons. The van der Waals surface area contributed by atoms with Crippen molar-refractivity contribution in [3.8, 4) is 0 Å². The highest BCUT2D eigenvalue weighted by molar-refractivity contribution is 7.92. The van der Waals surface area contributed by atoms with Crippen molar-refractivity contribution in [3.63, 3.8) is 0 Å². The maximum Gasteiger partial charge on any atom is 0.274 e. The molecule has 1 aromatic heterocycles. The smallest absolute Gasteiger partial charge is 0.274 e. The number of aromatic nitrogens is 2. The van der Waals surface area contributed by atoms with Crippen molar-refractivity contribution in [2.75, 3.05) is 39.5 Å². The summed E-state index contributed by atoms with van der Waals surface area (Å²) < 4.78 is 26.4. The normalized spacial score (nSPS) is 30.3. The van der Waals surface area contributed by atoms with E-state index in [-0.39, 0.29) is 41.8 Å². The Morgan fingerprint density at radius 2 is 2.12 bits per heavy atom. The minimum absolute atomic E-state index is 0.0752. The van der Waals surface area contributed by atoms with Crippen molar-refractivity contribution in [2.45, 2.75) is 17.8 Å². The monoisotopic (exact) mass is 367 g/mol. The van der Waals surface area contributed by atoms with Crippen LogP contribution in [-0.4, -0.2) is 90.6 Å². The van der Waals surface area contributed by atoms with E-state index in [0.717, 1.165) is 0 Å². The van der Waals surface area contributed by atoms with Gasteiger partial charge in [-0.25, -0.2) is 8.42 Å². The third-order valence-electron chi connectivity index (χ3n) is 5.46. The largest absolute Gasteiger partial charge is 0.349 e. The second kappa shape index (κ2) is 5.53. The van der Waals surface area contributed by atoms with Crippen LogP contribution in [0.5, 0.6) is 0 Å². The Labute approximate surface area is 145 Å². The van der Waals surface area contributed by atoms with Crippen LogP contribution in [0.1, 0.15) is 21.0 Å². The van der Waals surface area contributed by atoms with Gasteiger partial charge in [0.25, 0.3) is 11.8 Å². The van der Waals surface area contributed by atoms with E-state index in [0.29, 0.717) is 25.3 Å². The molecule has 2 fully saturated rings. The molecule has 3 atom stereocenters. The van der Waals surface area contributed by atoms with Crippen LogP contribution in [0.25, 0.3) is 0 Å². The van der Waals surface area contributed by atoms with Gasteiger partial charge in [0.05, 0.1) is 17.5 Å². The van der Waals surface area contributed by atoms with Crippen LogP contribution in [0.3, 0.4) is 0 Å². The fourth-order valence-corrected chi connectivity index (χ4v) is 6.61. The quantitative estimate of drug-likeness (QED) is 0.677. The van der Waals surface area contributed by atoms with Gasteiger partial charge in [0.1, 0.15) is 5.69 Å². The van der Waals surface area contributed by atoms with Crippen LogP contribution >= 0.6 is 0 Å². The minimum atomic E-state index is -3.20.